The maximum atomic E-state index is 4.75. The average molecular weight is 251 g/mol. The summed E-state index contributed by atoms with van der Waals surface area (Å²) >= 11 is 3.43. The Balaban J connectivity index is 2.02. The Bertz CT molecular complexity index is 475. The van der Waals surface area contributed by atoms with Crippen molar-refractivity contribution in [1.82, 2.24) is 15.3 Å². The standard InChI is InChI=1S/C11H13N3S2/c1-12-7-3-2-4-9-10(7)14-11(16-9)8-5-15-6-13-8/h5-7,12H,2-4H2,1H3. The summed E-state index contributed by atoms with van der Waals surface area (Å²) < 4.78 is 0. The lowest BCUT2D eigenvalue weighted by Gasteiger charge is -2.19. The monoisotopic (exact) mass is 251 g/mol. The third-order valence-corrected chi connectivity index (χ3v) is 4.69. The second-order valence-corrected chi connectivity index (χ2v) is 5.74. The quantitative estimate of drug-likeness (QED) is 0.892. The van der Waals surface area contributed by atoms with Crippen molar-refractivity contribution in [2.75, 3.05) is 7.05 Å². The van der Waals surface area contributed by atoms with Gasteiger partial charge in [-0.15, -0.1) is 22.7 Å². The lowest BCUT2D eigenvalue weighted by Crippen LogP contribution is -2.21. The summed E-state index contributed by atoms with van der Waals surface area (Å²) in [6.07, 6.45) is 3.64. The molecule has 5 heteroatoms. The van der Waals surface area contributed by atoms with Gasteiger partial charge < -0.3 is 5.32 Å². The van der Waals surface area contributed by atoms with E-state index in [1.807, 2.05) is 12.6 Å². The van der Waals surface area contributed by atoms with E-state index in [-0.39, 0.29) is 0 Å². The molecule has 0 aromatic carbocycles. The fourth-order valence-corrected chi connectivity index (χ4v) is 3.87. The highest BCUT2D eigenvalue weighted by Crippen LogP contribution is 2.36. The molecule has 2 aromatic rings. The molecule has 1 aliphatic rings. The number of aromatic nitrogens is 2. The van der Waals surface area contributed by atoms with E-state index in [9.17, 15) is 0 Å². The van der Waals surface area contributed by atoms with Gasteiger partial charge in [-0.2, -0.15) is 0 Å². The summed E-state index contributed by atoms with van der Waals surface area (Å²) in [5, 5.41) is 6.49. The van der Waals surface area contributed by atoms with Crippen LogP contribution in [-0.2, 0) is 6.42 Å². The highest BCUT2D eigenvalue weighted by Gasteiger charge is 2.24. The van der Waals surface area contributed by atoms with Crippen molar-refractivity contribution in [3.05, 3.63) is 21.5 Å². The number of nitrogens with zero attached hydrogens (tertiary/aromatic N) is 2. The highest BCUT2D eigenvalue weighted by molar-refractivity contribution is 7.15. The number of fused-ring (bicyclic) bond motifs is 1. The molecular formula is C11H13N3S2. The summed E-state index contributed by atoms with van der Waals surface area (Å²) in [5.74, 6) is 0. The second-order valence-electron chi connectivity index (χ2n) is 3.93. The first-order valence-corrected chi connectivity index (χ1v) is 7.20. The molecule has 1 aliphatic carbocycles. The summed E-state index contributed by atoms with van der Waals surface area (Å²) in [6, 6.07) is 0.437. The van der Waals surface area contributed by atoms with Crippen LogP contribution in [0.5, 0.6) is 0 Å². The maximum absolute atomic E-state index is 4.75. The van der Waals surface area contributed by atoms with Crippen molar-refractivity contribution in [1.29, 1.82) is 0 Å². The first-order valence-electron chi connectivity index (χ1n) is 5.44. The molecular weight excluding hydrogens is 238 g/mol. The van der Waals surface area contributed by atoms with Crippen LogP contribution < -0.4 is 5.32 Å². The van der Waals surface area contributed by atoms with E-state index < -0.39 is 0 Å². The van der Waals surface area contributed by atoms with Gasteiger partial charge in [0, 0.05) is 10.3 Å². The largest absolute Gasteiger partial charge is 0.312 e. The molecule has 0 spiro atoms. The molecule has 0 bridgehead atoms. The average Bonchev–Trinajstić information content (AvgIpc) is 2.96. The smallest absolute Gasteiger partial charge is 0.143 e. The molecule has 16 heavy (non-hydrogen) atoms. The Morgan fingerprint density at radius 1 is 1.50 bits per heavy atom. The number of hydrogen-bond donors (Lipinski definition) is 1. The van der Waals surface area contributed by atoms with E-state index in [1.165, 1.54) is 29.8 Å². The van der Waals surface area contributed by atoms with Crippen LogP contribution in [-0.4, -0.2) is 17.0 Å². The van der Waals surface area contributed by atoms with Gasteiger partial charge in [0.1, 0.15) is 10.7 Å². The number of thiazole rings is 2. The molecule has 1 atom stereocenters. The Morgan fingerprint density at radius 2 is 2.44 bits per heavy atom. The molecule has 1 N–H and O–H groups in total. The van der Waals surface area contributed by atoms with Gasteiger partial charge in [-0.05, 0) is 26.3 Å². The van der Waals surface area contributed by atoms with Crippen molar-refractivity contribution in [2.45, 2.75) is 25.3 Å². The van der Waals surface area contributed by atoms with E-state index in [1.54, 1.807) is 22.7 Å². The molecule has 3 rings (SSSR count). The fraction of sp³-hybridized carbons (Fsp3) is 0.455. The molecule has 1 unspecified atom stereocenters. The molecule has 0 saturated carbocycles. The Hall–Kier alpha value is -0.780. The van der Waals surface area contributed by atoms with Gasteiger partial charge in [0.05, 0.1) is 17.2 Å². The SMILES string of the molecule is CNC1CCCc2sc(-c3cscn3)nc21. The Labute approximate surface area is 103 Å². The first kappa shape index (κ1) is 10.4. The minimum atomic E-state index is 0.437. The predicted octanol–water partition coefficient (Wildman–Crippen LogP) is 2.86. The van der Waals surface area contributed by atoms with Crippen molar-refractivity contribution in [3.8, 4) is 10.7 Å². The molecule has 0 fully saturated rings. The van der Waals surface area contributed by atoms with Crippen molar-refractivity contribution in [2.24, 2.45) is 0 Å². The predicted molar refractivity (Wildman–Crippen MR) is 68.0 cm³/mol. The minimum Gasteiger partial charge on any atom is -0.312 e. The molecule has 2 heterocycles. The van der Waals surface area contributed by atoms with Crippen LogP contribution in [0.25, 0.3) is 10.7 Å². The third-order valence-electron chi connectivity index (χ3n) is 2.95. The second kappa shape index (κ2) is 4.24. The summed E-state index contributed by atoms with van der Waals surface area (Å²) in [4.78, 5) is 10.5. The van der Waals surface area contributed by atoms with Crippen LogP contribution >= 0.6 is 22.7 Å². The topological polar surface area (TPSA) is 37.8 Å². The molecule has 3 nitrogen and oxygen atoms in total. The lowest BCUT2D eigenvalue weighted by atomic mass is 9.98. The zero-order valence-electron chi connectivity index (χ0n) is 9.06. The van der Waals surface area contributed by atoms with Crippen LogP contribution in [0.2, 0.25) is 0 Å². The van der Waals surface area contributed by atoms with Gasteiger partial charge in [-0.3, -0.25) is 0 Å². The van der Waals surface area contributed by atoms with Crippen LogP contribution in [0.3, 0.4) is 0 Å². The van der Waals surface area contributed by atoms with Gasteiger partial charge in [0.25, 0.3) is 0 Å². The van der Waals surface area contributed by atoms with Crippen LogP contribution in [0.1, 0.15) is 29.5 Å². The van der Waals surface area contributed by atoms with E-state index >= 15 is 0 Å². The first-order chi connectivity index (χ1) is 7.88. The molecule has 0 saturated heterocycles. The van der Waals surface area contributed by atoms with Crippen molar-refractivity contribution < 1.29 is 0 Å². The van der Waals surface area contributed by atoms with Crippen LogP contribution in [0.15, 0.2) is 10.9 Å². The van der Waals surface area contributed by atoms with Gasteiger partial charge in [-0.1, -0.05) is 0 Å². The van der Waals surface area contributed by atoms with Gasteiger partial charge in [-0.25, -0.2) is 9.97 Å². The lowest BCUT2D eigenvalue weighted by molar-refractivity contribution is 0.490. The van der Waals surface area contributed by atoms with E-state index in [0.29, 0.717) is 6.04 Å². The van der Waals surface area contributed by atoms with E-state index in [0.717, 1.165) is 10.7 Å². The van der Waals surface area contributed by atoms with Gasteiger partial charge in [0.15, 0.2) is 0 Å². The van der Waals surface area contributed by atoms with Crippen LogP contribution in [0.4, 0.5) is 0 Å². The Morgan fingerprint density at radius 3 is 3.19 bits per heavy atom. The van der Waals surface area contributed by atoms with E-state index in [2.05, 4.69) is 15.7 Å². The zero-order chi connectivity index (χ0) is 11.0. The highest BCUT2D eigenvalue weighted by atomic mass is 32.1. The third kappa shape index (κ3) is 1.69. The van der Waals surface area contributed by atoms with Gasteiger partial charge >= 0.3 is 0 Å². The molecule has 0 amide bonds. The fourth-order valence-electron chi connectivity index (χ4n) is 2.13. The summed E-state index contributed by atoms with van der Waals surface area (Å²) in [7, 11) is 2.02. The molecule has 0 radical (unpaired) electrons. The number of aryl methyl sites for hydroxylation is 1. The minimum absolute atomic E-state index is 0.437. The number of nitrogens with one attached hydrogen (secondary N) is 1. The maximum Gasteiger partial charge on any atom is 0.143 e. The molecule has 2 aromatic heterocycles. The molecule has 0 aliphatic heterocycles. The van der Waals surface area contributed by atoms with Crippen molar-refractivity contribution in [3.63, 3.8) is 0 Å². The molecule has 84 valence electrons. The zero-order valence-corrected chi connectivity index (χ0v) is 10.7. The van der Waals surface area contributed by atoms with Gasteiger partial charge in [0.2, 0.25) is 0 Å². The van der Waals surface area contributed by atoms with E-state index in [4.69, 9.17) is 4.98 Å². The normalized spacial score (nSPS) is 19.7. The Kier molecular flexibility index (Phi) is 2.75. The van der Waals surface area contributed by atoms with Crippen molar-refractivity contribution >= 4 is 22.7 Å². The van der Waals surface area contributed by atoms with Crippen LogP contribution in [0, 0.1) is 0 Å². The number of hydrogen-bond acceptors (Lipinski definition) is 5. The summed E-state index contributed by atoms with van der Waals surface area (Å²) in [5.41, 5.74) is 4.15. The number of rotatable bonds is 2. The summed E-state index contributed by atoms with van der Waals surface area (Å²) in [6.45, 7) is 0.